The van der Waals surface area contributed by atoms with Crippen molar-refractivity contribution >= 4 is 26.5 Å². The van der Waals surface area contributed by atoms with Crippen LogP contribution >= 0.6 is 11.3 Å². The van der Waals surface area contributed by atoms with Gasteiger partial charge in [-0.15, -0.1) is 11.3 Å². The third-order valence-electron chi connectivity index (χ3n) is 2.82. The van der Waals surface area contributed by atoms with Crippen molar-refractivity contribution in [2.75, 3.05) is 11.8 Å². The van der Waals surface area contributed by atoms with E-state index in [-0.39, 0.29) is 4.90 Å². The average Bonchev–Trinajstić information content (AvgIpc) is 2.76. The SMILES string of the molecule is COc1cc(C)c(S(=O)(=O)Nc2nc(C)cs2)cc1C. The molecule has 0 bridgehead atoms. The Balaban J connectivity index is 2.41. The summed E-state index contributed by atoms with van der Waals surface area (Å²) in [5.41, 5.74) is 2.19. The monoisotopic (exact) mass is 312 g/mol. The Labute approximate surface area is 122 Å². The summed E-state index contributed by atoms with van der Waals surface area (Å²) >= 11 is 1.26. The van der Waals surface area contributed by atoms with E-state index in [9.17, 15) is 8.42 Å². The summed E-state index contributed by atoms with van der Waals surface area (Å²) in [6.45, 7) is 5.37. The van der Waals surface area contributed by atoms with Crippen molar-refractivity contribution in [1.82, 2.24) is 4.98 Å². The van der Waals surface area contributed by atoms with Gasteiger partial charge < -0.3 is 4.74 Å². The third-order valence-corrected chi connectivity index (χ3v) is 5.31. The molecule has 1 aromatic carbocycles. The maximum absolute atomic E-state index is 12.4. The second kappa shape index (κ2) is 5.41. The van der Waals surface area contributed by atoms with E-state index in [1.165, 1.54) is 11.3 Å². The third kappa shape index (κ3) is 2.94. The Kier molecular flexibility index (Phi) is 4.01. The molecule has 0 aliphatic carbocycles. The quantitative estimate of drug-likeness (QED) is 0.942. The van der Waals surface area contributed by atoms with E-state index in [0.717, 1.165) is 11.3 Å². The molecule has 0 radical (unpaired) electrons. The highest BCUT2D eigenvalue weighted by Crippen LogP contribution is 2.27. The predicted molar refractivity (Wildman–Crippen MR) is 80.1 cm³/mol. The van der Waals surface area contributed by atoms with Crippen LogP contribution < -0.4 is 9.46 Å². The van der Waals surface area contributed by atoms with Crippen LogP contribution in [0.4, 0.5) is 5.13 Å². The minimum Gasteiger partial charge on any atom is -0.496 e. The zero-order valence-corrected chi connectivity index (χ0v) is 13.4. The smallest absolute Gasteiger partial charge is 0.263 e. The maximum Gasteiger partial charge on any atom is 0.263 e. The molecule has 0 aliphatic rings. The van der Waals surface area contributed by atoms with E-state index >= 15 is 0 Å². The molecule has 2 aromatic rings. The fourth-order valence-corrected chi connectivity index (χ4v) is 4.10. The molecule has 1 N–H and O–H groups in total. The van der Waals surface area contributed by atoms with Gasteiger partial charge in [-0.05, 0) is 44.0 Å². The van der Waals surface area contributed by atoms with Gasteiger partial charge >= 0.3 is 0 Å². The van der Waals surface area contributed by atoms with Crippen LogP contribution in [0.15, 0.2) is 22.4 Å². The first-order valence-electron chi connectivity index (χ1n) is 5.93. The number of ether oxygens (including phenoxy) is 1. The number of benzene rings is 1. The summed E-state index contributed by atoms with van der Waals surface area (Å²) in [5, 5.41) is 2.17. The summed E-state index contributed by atoms with van der Waals surface area (Å²) in [5.74, 6) is 0.673. The molecular weight excluding hydrogens is 296 g/mol. The number of aryl methyl sites for hydroxylation is 3. The molecule has 0 atom stereocenters. The molecule has 7 heteroatoms. The van der Waals surface area contributed by atoms with Crippen LogP contribution in [-0.2, 0) is 10.0 Å². The summed E-state index contributed by atoms with van der Waals surface area (Å²) in [7, 11) is -2.07. The van der Waals surface area contributed by atoms with Crippen molar-refractivity contribution in [3.8, 4) is 5.75 Å². The molecule has 0 saturated carbocycles. The van der Waals surface area contributed by atoms with Crippen LogP contribution in [0.25, 0.3) is 0 Å². The number of thiazole rings is 1. The fraction of sp³-hybridized carbons (Fsp3) is 0.308. The van der Waals surface area contributed by atoms with Crippen LogP contribution in [0.3, 0.4) is 0 Å². The highest BCUT2D eigenvalue weighted by atomic mass is 32.2. The second-order valence-electron chi connectivity index (χ2n) is 4.49. The minimum absolute atomic E-state index is 0.239. The van der Waals surface area contributed by atoms with E-state index in [1.54, 1.807) is 31.5 Å². The number of nitrogens with zero attached hydrogens (tertiary/aromatic N) is 1. The zero-order chi connectivity index (χ0) is 14.9. The van der Waals surface area contributed by atoms with Crippen molar-refractivity contribution < 1.29 is 13.2 Å². The molecule has 2 rings (SSSR count). The standard InChI is InChI=1S/C13H16N2O3S2/c1-8-6-12(9(2)5-11(8)18-4)20(16,17)15-13-14-10(3)7-19-13/h5-7H,1-4H3,(H,14,15). The van der Waals surface area contributed by atoms with Crippen LogP contribution in [0.2, 0.25) is 0 Å². The van der Waals surface area contributed by atoms with Gasteiger partial charge in [0.05, 0.1) is 17.7 Å². The van der Waals surface area contributed by atoms with Crippen LogP contribution in [0, 0.1) is 20.8 Å². The Hall–Kier alpha value is -1.60. The lowest BCUT2D eigenvalue weighted by molar-refractivity contribution is 0.411. The van der Waals surface area contributed by atoms with E-state index in [4.69, 9.17) is 4.74 Å². The summed E-state index contributed by atoms with van der Waals surface area (Å²) in [6.07, 6.45) is 0. The van der Waals surface area contributed by atoms with Crippen molar-refractivity contribution in [3.05, 3.63) is 34.3 Å². The molecule has 0 fully saturated rings. The average molecular weight is 312 g/mol. The van der Waals surface area contributed by atoms with E-state index in [0.29, 0.717) is 16.4 Å². The van der Waals surface area contributed by atoms with Crippen LogP contribution in [-0.4, -0.2) is 20.5 Å². The van der Waals surface area contributed by atoms with Crippen molar-refractivity contribution in [3.63, 3.8) is 0 Å². The Morgan fingerprint density at radius 1 is 1.20 bits per heavy atom. The molecule has 0 amide bonds. The molecule has 1 aromatic heterocycles. The highest BCUT2D eigenvalue weighted by molar-refractivity contribution is 7.93. The van der Waals surface area contributed by atoms with Gasteiger partial charge in [0.15, 0.2) is 5.13 Å². The van der Waals surface area contributed by atoms with Gasteiger partial charge in [0.2, 0.25) is 0 Å². The Morgan fingerprint density at radius 3 is 2.45 bits per heavy atom. The van der Waals surface area contributed by atoms with Gasteiger partial charge in [-0.1, -0.05) is 0 Å². The summed E-state index contributed by atoms with van der Waals surface area (Å²) < 4.78 is 32.5. The first kappa shape index (κ1) is 14.8. The number of methoxy groups -OCH3 is 1. The number of sulfonamides is 1. The molecular formula is C13H16N2O3S2. The molecule has 0 spiro atoms. The number of rotatable bonds is 4. The molecule has 0 unspecified atom stereocenters. The first-order valence-corrected chi connectivity index (χ1v) is 8.30. The number of hydrogen-bond donors (Lipinski definition) is 1. The number of aromatic nitrogens is 1. The van der Waals surface area contributed by atoms with Gasteiger partial charge in [-0.25, -0.2) is 13.4 Å². The van der Waals surface area contributed by atoms with E-state index < -0.39 is 10.0 Å². The van der Waals surface area contributed by atoms with Crippen LogP contribution in [0.5, 0.6) is 5.75 Å². The van der Waals surface area contributed by atoms with Gasteiger partial charge in [0.25, 0.3) is 10.0 Å². The highest BCUT2D eigenvalue weighted by Gasteiger charge is 2.20. The van der Waals surface area contributed by atoms with Gasteiger partial charge in [0, 0.05) is 5.38 Å². The largest absolute Gasteiger partial charge is 0.496 e. The van der Waals surface area contributed by atoms with Gasteiger partial charge in [0.1, 0.15) is 5.75 Å². The minimum atomic E-state index is -3.64. The Bertz CT molecular complexity index is 736. The fourth-order valence-electron chi connectivity index (χ4n) is 1.84. The van der Waals surface area contributed by atoms with Crippen molar-refractivity contribution in [2.45, 2.75) is 25.7 Å². The van der Waals surface area contributed by atoms with Crippen molar-refractivity contribution in [2.24, 2.45) is 0 Å². The topological polar surface area (TPSA) is 68.3 Å². The van der Waals surface area contributed by atoms with Crippen molar-refractivity contribution in [1.29, 1.82) is 0 Å². The molecule has 1 heterocycles. The molecule has 5 nitrogen and oxygen atoms in total. The molecule has 108 valence electrons. The molecule has 20 heavy (non-hydrogen) atoms. The summed E-state index contributed by atoms with van der Waals surface area (Å²) in [6, 6.07) is 3.33. The second-order valence-corrected chi connectivity index (χ2v) is 7.00. The normalized spacial score (nSPS) is 11.4. The maximum atomic E-state index is 12.4. The van der Waals surface area contributed by atoms with Gasteiger partial charge in [-0.2, -0.15) is 0 Å². The lowest BCUT2D eigenvalue weighted by Crippen LogP contribution is -2.14. The Morgan fingerprint density at radius 2 is 1.90 bits per heavy atom. The number of nitrogens with one attached hydrogen (secondary N) is 1. The molecule has 0 aliphatic heterocycles. The van der Waals surface area contributed by atoms with E-state index in [1.807, 2.05) is 13.8 Å². The molecule has 0 saturated heterocycles. The van der Waals surface area contributed by atoms with E-state index in [2.05, 4.69) is 9.71 Å². The number of anilines is 1. The van der Waals surface area contributed by atoms with Crippen LogP contribution in [0.1, 0.15) is 16.8 Å². The van der Waals surface area contributed by atoms with Gasteiger partial charge in [-0.3, -0.25) is 4.72 Å². The number of hydrogen-bond acceptors (Lipinski definition) is 5. The zero-order valence-electron chi connectivity index (χ0n) is 11.7. The lowest BCUT2D eigenvalue weighted by atomic mass is 10.1. The predicted octanol–water partition coefficient (Wildman–Crippen LogP) is 2.88. The first-order chi connectivity index (χ1) is 9.33. The summed E-state index contributed by atoms with van der Waals surface area (Å²) in [4.78, 5) is 4.35. The lowest BCUT2D eigenvalue weighted by Gasteiger charge is -2.12.